The van der Waals surface area contributed by atoms with Gasteiger partial charge in [0, 0.05) is 11.1 Å². The molecule has 3 nitrogen and oxygen atoms in total. The van der Waals surface area contributed by atoms with Crippen LogP contribution >= 0.6 is 0 Å². The second-order valence-electron chi connectivity index (χ2n) is 4.24. The van der Waals surface area contributed by atoms with Crippen LogP contribution in [-0.2, 0) is 14.2 Å². The number of benzene rings is 2. The van der Waals surface area contributed by atoms with E-state index in [0.29, 0.717) is 11.5 Å². The smallest absolute Gasteiger partial charge is 0.161 e. The summed E-state index contributed by atoms with van der Waals surface area (Å²) in [5.41, 5.74) is 1.90. The highest BCUT2D eigenvalue weighted by Crippen LogP contribution is 2.17. The van der Waals surface area contributed by atoms with Gasteiger partial charge < -0.3 is 14.2 Å². The van der Waals surface area contributed by atoms with Gasteiger partial charge in [-0.2, -0.15) is 0 Å². The first kappa shape index (κ1) is 14.7. The molecule has 0 amide bonds. The molecule has 2 aromatic carbocycles. The summed E-state index contributed by atoms with van der Waals surface area (Å²) < 4.78 is 16.1. The minimum atomic E-state index is 0.648. The molecule has 0 saturated heterocycles. The van der Waals surface area contributed by atoms with Crippen LogP contribution in [0.4, 0.5) is 0 Å². The first-order valence-electron chi connectivity index (χ1n) is 6.59. The van der Waals surface area contributed by atoms with Gasteiger partial charge in [-0.05, 0) is 0 Å². The predicted molar refractivity (Wildman–Crippen MR) is 83.9 cm³/mol. The predicted octanol–water partition coefficient (Wildman–Crippen LogP) is 4.29. The number of hydrogen-bond acceptors (Lipinski definition) is 3. The van der Waals surface area contributed by atoms with E-state index >= 15 is 0 Å². The number of ether oxygens (including phenoxy) is 3. The fraction of sp³-hybridized carbons (Fsp3) is 0.111. The molecular formula is C18H18O3. The van der Waals surface area contributed by atoms with E-state index in [1.54, 1.807) is 26.7 Å². The van der Waals surface area contributed by atoms with E-state index in [0.717, 1.165) is 11.1 Å². The average molecular weight is 282 g/mol. The van der Waals surface area contributed by atoms with E-state index < -0.39 is 0 Å². The highest BCUT2D eigenvalue weighted by Gasteiger charge is 2.02. The first-order chi connectivity index (χ1) is 10.3. The first-order valence-corrected chi connectivity index (χ1v) is 6.59. The minimum Gasteiger partial charge on any atom is -0.493 e. The third kappa shape index (κ3) is 4.14. The molecule has 2 aromatic rings. The largest absolute Gasteiger partial charge is 0.493 e. The van der Waals surface area contributed by atoms with E-state index in [-0.39, 0.29) is 0 Å². The van der Waals surface area contributed by atoms with E-state index in [1.165, 1.54) is 0 Å². The highest BCUT2D eigenvalue weighted by molar-refractivity contribution is 5.60. The molecule has 21 heavy (non-hydrogen) atoms. The van der Waals surface area contributed by atoms with Crippen LogP contribution in [0.15, 0.2) is 73.2 Å². The fourth-order valence-electron chi connectivity index (χ4n) is 1.83. The monoisotopic (exact) mass is 282 g/mol. The molecule has 108 valence electrons. The Balaban J connectivity index is 2.13. The number of hydrogen-bond donors (Lipinski definition) is 0. The molecule has 0 aliphatic heterocycles. The van der Waals surface area contributed by atoms with Crippen molar-refractivity contribution >= 4 is 11.5 Å². The van der Waals surface area contributed by atoms with Crippen LogP contribution in [-0.4, -0.2) is 14.2 Å². The van der Waals surface area contributed by atoms with Crippen molar-refractivity contribution < 1.29 is 14.2 Å². The van der Waals surface area contributed by atoms with E-state index in [4.69, 9.17) is 14.2 Å². The Morgan fingerprint density at radius 1 is 0.667 bits per heavy atom. The summed E-state index contributed by atoms with van der Waals surface area (Å²) in [6.07, 6.45) is 3.11. The lowest BCUT2D eigenvalue weighted by atomic mass is 10.2. The number of rotatable bonds is 6. The molecular weight excluding hydrogens is 264 g/mol. The van der Waals surface area contributed by atoms with Gasteiger partial charge in [-0.15, -0.1) is 0 Å². The zero-order valence-corrected chi connectivity index (χ0v) is 12.2. The summed E-state index contributed by atoms with van der Waals surface area (Å²) in [5, 5.41) is 0. The summed E-state index contributed by atoms with van der Waals surface area (Å²) in [4.78, 5) is 0. The van der Waals surface area contributed by atoms with Crippen molar-refractivity contribution in [3.05, 3.63) is 84.3 Å². The van der Waals surface area contributed by atoms with Gasteiger partial charge in [0.25, 0.3) is 0 Å². The Labute approximate surface area is 125 Å². The van der Waals surface area contributed by atoms with Gasteiger partial charge in [0.05, 0.1) is 14.2 Å². The van der Waals surface area contributed by atoms with Crippen molar-refractivity contribution in [3.63, 3.8) is 0 Å². The molecule has 0 spiro atoms. The lowest BCUT2D eigenvalue weighted by molar-refractivity contribution is 0.316. The van der Waals surface area contributed by atoms with Gasteiger partial charge in [0.1, 0.15) is 12.5 Å². The van der Waals surface area contributed by atoms with Gasteiger partial charge in [-0.1, -0.05) is 60.7 Å². The lowest BCUT2D eigenvalue weighted by Gasteiger charge is -2.07. The van der Waals surface area contributed by atoms with Crippen molar-refractivity contribution in [2.24, 2.45) is 0 Å². The molecule has 3 heteroatoms. The molecule has 0 N–H and O–H groups in total. The van der Waals surface area contributed by atoms with Gasteiger partial charge in [-0.3, -0.25) is 0 Å². The van der Waals surface area contributed by atoms with E-state index in [1.807, 2.05) is 60.7 Å². The van der Waals surface area contributed by atoms with Crippen LogP contribution in [0.25, 0.3) is 11.5 Å². The van der Waals surface area contributed by atoms with Crippen LogP contribution in [0.1, 0.15) is 11.1 Å². The fourth-order valence-corrected chi connectivity index (χ4v) is 1.83. The maximum absolute atomic E-state index is 5.47. The molecule has 0 atom stereocenters. The van der Waals surface area contributed by atoms with Crippen LogP contribution in [0.5, 0.6) is 0 Å². The number of methoxy groups -OCH3 is 2. The topological polar surface area (TPSA) is 27.7 Å². The van der Waals surface area contributed by atoms with Gasteiger partial charge in [-0.25, -0.2) is 0 Å². The second-order valence-corrected chi connectivity index (χ2v) is 4.24. The van der Waals surface area contributed by atoms with E-state index in [2.05, 4.69) is 0 Å². The normalized spacial score (nSPS) is 11.9. The molecule has 0 bridgehead atoms. The Morgan fingerprint density at radius 3 is 1.38 bits per heavy atom. The van der Waals surface area contributed by atoms with Crippen LogP contribution in [0.3, 0.4) is 0 Å². The van der Waals surface area contributed by atoms with Crippen LogP contribution in [0.2, 0.25) is 0 Å². The van der Waals surface area contributed by atoms with Crippen molar-refractivity contribution in [2.75, 3.05) is 14.2 Å². The molecule has 0 unspecified atom stereocenters. The van der Waals surface area contributed by atoms with Gasteiger partial charge in [0.15, 0.2) is 11.5 Å². The van der Waals surface area contributed by atoms with E-state index in [9.17, 15) is 0 Å². The maximum atomic E-state index is 5.47. The molecule has 0 saturated carbocycles. The molecule has 0 fully saturated rings. The lowest BCUT2D eigenvalue weighted by Crippen LogP contribution is -1.90. The molecule has 0 aliphatic carbocycles. The Morgan fingerprint density at radius 2 is 1.05 bits per heavy atom. The third-order valence-corrected chi connectivity index (χ3v) is 2.91. The Hall–Kier alpha value is -2.68. The summed E-state index contributed by atoms with van der Waals surface area (Å²) in [5.74, 6) is 1.30. The van der Waals surface area contributed by atoms with Gasteiger partial charge >= 0.3 is 0 Å². The van der Waals surface area contributed by atoms with Crippen LogP contribution < -0.4 is 0 Å². The molecule has 2 rings (SSSR count). The standard InChI is InChI=1S/C18H18O3/c1-19-17(15-9-5-3-6-10-15)13-21-14-18(20-2)16-11-7-4-8-12-16/h3-14H,1-2H3. The molecule has 0 radical (unpaired) electrons. The van der Waals surface area contributed by atoms with Gasteiger partial charge in [0.2, 0.25) is 0 Å². The summed E-state index contributed by atoms with van der Waals surface area (Å²) >= 11 is 0. The van der Waals surface area contributed by atoms with Crippen molar-refractivity contribution in [3.8, 4) is 0 Å². The second kappa shape index (κ2) is 7.80. The third-order valence-electron chi connectivity index (χ3n) is 2.91. The molecule has 0 aliphatic rings. The summed E-state index contributed by atoms with van der Waals surface area (Å²) in [6.45, 7) is 0. The van der Waals surface area contributed by atoms with Crippen molar-refractivity contribution in [1.82, 2.24) is 0 Å². The minimum absolute atomic E-state index is 0.648. The van der Waals surface area contributed by atoms with Crippen LogP contribution in [0, 0.1) is 0 Å². The zero-order chi connectivity index (χ0) is 14.9. The SMILES string of the molecule is COC(=COC=C(OC)c1ccccc1)c1ccccc1. The molecule has 0 heterocycles. The summed E-state index contributed by atoms with van der Waals surface area (Å²) in [6, 6.07) is 19.5. The van der Waals surface area contributed by atoms with Crippen molar-refractivity contribution in [1.29, 1.82) is 0 Å². The average Bonchev–Trinajstić information content (AvgIpc) is 2.57. The highest BCUT2D eigenvalue weighted by atomic mass is 16.5. The summed E-state index contributed by atoms with van der Waals surface area (Å²) in [7, 11) is 3.22. The maximum Gasteiger partial charge on any atom is 0.161 e. The Kier molecular flexibility index (Phi) is 5.47. The Bertz CT molecular complexity index is 545. The zero-order valence-electron chi connectivity index (χ0n) is 12.2. The quantitative estimate of drug-likeness (QED) is 0.740. The molecule has 0 aromatic heterocycles. The van der Waals surface area contributed by atoms with Crippen molar-refractivity contribution in [2.45, 2.75) is 0 Å².